The fraction of sp³-hybridized carbons (Fsp3) is 0.194. The molecule has 1 aliphatic carbocycles. The molecule has 1 N–H and O–H groups in total. The van der Waals surface area contributed by atoms with Crippen molar-refractivity contribution in [3.63, 3.8) is 0 Å². The van der Waals surface area contributed by atoms with Crippen LogP contribution in [0.4, 0.5) is 11.4 Å². The quantitative estimate of drug-likeness (QED) is 0.251. The summed E-state index contributed by atoms with van der Waals surface area (Å²) in [6.45, 7) is 2.64. The van der Waals surface area contributed by atoms with Gasteiger partial charge in [0, 0.05) is 23.4 Å². The molecule has 4 aromatic rings. The first-order chi connectivity index (χ1) is 16.8. The van der Waals surface area contributed by atoms with Crippen LogP contribution in [-0.4, -0.2) is 12.8 Å². The van der Waals surface area contributed by atoms with Crippen LogP contribution in [0.15, 0.2) is 102 Å². The third-order valence-corrected chi connectivity index (χ3v) is 7.10. The van der Waals surface area contributed by atoms with Crippen LogP contribution in [0.25, 0.3) is 10.8 Å². The lowest BCUT2D eigenvalue weighted by molar-refractivity contribution is 0.340. The van der Waals surface area contributed by atoms with E-state index in [1.807, 2.05) is 19.2 Å². The molecule has 6 rings (SSSR count). The zero-order chi connectivity index (χ0) is 22.9. The van der Waals surface area contributed by atoms with Crippen LogP contribution >= 0.6 is 0 Å². The van der Waals surface area contributed by atoms with Gasteiger partial charge in [-0.25, -0.2) is 0 Å². The Morgan fingerprint density at radius 3 is 2.65 bits per heavy atom. The van der Waals surface area contributed by atoms with E-state index in [-0.39, 0.29) is 0 Å². The van der Waals surface area contributed by atoms with Gasteiger partial charge in [-0.15, -0.1) is 0 Å². The van der Waals surface area contributed by atoms with E-state index in [1.54, 1.807) is 0 Å². The van der Waals surface area contributed by atoms with Gasteiger partial charge in [-0.3, -0.25) is 4.99 Å². The highest BCUT2D eigenvalue weighted by atomic mass is 16.5. The summed E-state index contributed by atoms with van der Waals surface area (Å²) in [4.78, 5) is 4.82. The Morgan fingerprint density at radius 2 is 1.76 bits per heavy atom. The summed E-state index contributed by atoms with van der Waals surface area (Å²) in [7, 11) is 0. The molecule has 0 saturated carbocycles. The molecule has 0 amide bonds. The maximum Gasteiger partial charge on any atom is 0.128 e. The summed E-state index contributed by atoms with van der Waals surface area (Å²) in [5, 5.41) is 6.15. The zero-order valence-electron chi connectivity index (χ0n) is 19.3. The number of nitrogens with zero attached hydrogens (tertiary/aromatic N) is 1. The van der Waals surface area contributed by atoms with Crippen molar-refractivity contribution in [3.05, 3.63) is 114 Å². The van der Waals surface area contributed by atoms with E-state index in [0.29, 0.717) is 24.5 Å². The topological polar surface area (TPSA) is 33.6 Å². The van der Waals surface area contributed by atoms with Crippen molar-refractivity contribution in [1.29, 1.82) is 0 Å². The van der Waals surface area contributed by atoms with Crippen LogP contribution in [0, 0.1) is 5.92 Å². The van der Waals surface area contributed by atoms with Gasteiger partial charge >= 0.3 is 0 Å². The van der Waals surface area contributed by atoms with Crippen molar-refractivity contribution in [3.8, 4) is 5.75 Å². The molecule has 0 radical (unpaired) electrons. The van der Waals surface area contributed by atoms with E-state index in [1.165, 1.54) is 22.2 Å². The average Bonchev–Trinajstić information content (AvgIpc) is 3.38. The number of hydrogen-bond acceptors (Lipinski definition) is 3. The molecule has 4 aromatic carbocycles. The molecule has 3 heteroatoms. The lowest BCUT2D eigenvalue weighted by atomic mass is 9.77. The van der Waals surface area contributed by atoms with Crippen molar-refractivity contribution in [1.82, 2.24) is 0 Å². The Bertz CT molecular complexity index is 1390. The van der Waals surface area contributed by atoms with Crippen molar-refractivity contribution in [2.24, 2.45) is 10.9 Å². The highest BCUT2D eigenvalue weighted by Gasteiger charge is 2.37. The predicted octanol–water partition coefficient (Wildman–Crippen LogP) is 7.82. The van der Waals surface area contributed by atoms with Crippen LogP contribution in [0.2, 0.25) is 0 Å². The number of allylic oxidation sites excluding steroid dienone is 2. The number of benzene rings is 4. The molecule has 0 fully saturated rings. The first-order valence-electron chi connectivity index (χ1n) is 12.1. The Kier molecular flexibility index (Phi) is 5.38. The molecule has 168 valence electrons. The smallest absolute Gasteiger partial charge is 0.128 e. The average molecular weight is 445 g/mol. The second kappa shape index (κ2) is 8.83. The van der Waals surface area contributed by atoms with Gasteiger partial charge in [0.2, 0.25) is 0 Å². The molecule has 2 aliphatic rings. The number of rotatable bonds is 5. The van der Waals surface area contributed by atoms with Crippen LogP contribution in [0.1, 0.15) is 42.0 Å². The summed E-state index contributed by atoms with van der Waals surface area (Å²) in [6.07, 6.45) is 7.77. The second-order valence-electron chi connectivity index (χ2n) is 9.04. The van der Waals surface area contributed by atoms with Crippen molar-refractivity contribution < 1.29 is 4.74 Å². The van der Waals surface area contributed by atoms with Crippen LogP contribution in [0.3, 0.4) is 0 Å². The van der Waals surface area contributed by atoms with Gasteiger partial charge < -0.3 is 10.1 Å². The third-order valence-electron chi connectivity index (χ3n) is 7.10. The van der Waals surface area contributed by atoms with Crippen molar-refractivity contribution in [2.45, 2.75) is 25.3 Å². The van der Waals surface area contributed by atoms with E-state index in [2.05, 4.69) is 96.3 Å². The number of nitrogens with one attached hydrogen (secondary N) is 1. The Labute approximate surface area is 200 Å². The van der Waals surface area contributed by atoms with Gasteiger partial charge in [-0.05, 0) is 65.4 Å². The Hall–Kier alpha value is -3.85. The minimum atomic E-state index is 0.301. The lowest BCUT2D eigenvalue weighted by Crippen LogP contribution is -2.28. The minimum Gasteiger partial charge on any atom is -0.493 e. The number of anilines is 1. The van der Waals surface area contributed by atoms with Gasteiger partial charge in [-0.1, -0.05) is 72.8 Å². The third kappa shape index (κ3) is 3.67. The second-order valence-corrected chi connectivity index (χ2v) is 9.04. The summed E-state index contributed by atoms with van der Waals surface area (Å²) < 4.78 is 5.90. The van der Waals surface area contributed by atoms with E-state index >= 15 is 0 Å². The van der Waals surface area contributed by atoms with Gasteiger partial charge in [0.1, 0.15) is 5.75 Å². The largest absolute Gasteiger partial charge is 0.493 e. The van der Waals surface area contributed by atoms with Crippen LogP contribution in [-0.2, 0) is 0 Å². The molecule has 1 aliphatic heterocycles. The van der Waals surface area contributed by atoms with Gasteiger partial charge in [-0.2, -0.15) is 0 Å². The Balaban J connectivity index is 1.29. The molecule has 3 atom stereocenters. The first-order valence-corrected chi connectivity index (χ1v) is 12.1. The normalized spacial score (nSPS) is 20.8. The van der Waals surface area contributed by atoms with E-state index < -0.39 is 0 Å². The van der Waals surface area contributed by atoms with Crippen molar-refractivity contribution >= 4 is 28.4 Å². The molecule has 0 saturated heterocycles. The molecule has 1 heterocycles. The molecule has 0 spiro atoms. The van der Waals surface area contributed by atoms with Gasteiger partial charge in [0.05, 0.1) is 18.3 Å². The van der Waals surface area contributed by atoms with E-state index in [4.69, 9.17) is 9.73 Å². The number of ether oxygens (including phenoxy) is 1. The monoisotopic (exact) mass is 444 g/mol. The molecule has 0 unspecified atom stereocenters. The highest BCUT2D eigenvalue weighted by Crippen LogP contribution is 2.49. The fourth-order valence-electron chi connectivity index (χ4n) is 5.47. The van der Waals surface area contributed by atoms with Gasteiger partial charge in [0.25, 0.3) is 0 Å². The molecule has 0 bridgehead atoms. The van der Waals surface area contributed by atoms with Crippen LogP contribution in [0.5, 0.6) is 5.75 Å². The number of hydrogen-bond donors (Lipinski definition) is 1. The molecular formula is C31H28N2O. The fourth-order valence-corrected chi connectivity index (χ4v) is 5.47. The summed E-state index contributed by atoms with van der Waals surface area (Å²) in [5.74, 6) is 1.91. The number of para-hydroxylation sites is 1. The molecule has 3 nitrogen and oxygen atoms in total. The van der Waals surface area contributed by atoms with Gasteiger partial charge in [0.15, 0.2) is 0 Å². The SMILES string of the molecule is CCOc1ccc2ccccc2c1C=Nc1ccc([C@@H]2Nc3ccccc3[C@H]3C=CC[C@H]32)cc1. The standard InChI is InChI=1S/C31H28N2O/c1-2-34-30-19-16-21-8-3-4-9-24(21)28(30)20-32-23-17-14-22(15-18-23)31-27-12-7-11-25(27)26-10-5-6-13-29(26)33-31/h3-11,13-20,25,27,31,33H,2,12H2,1H3/t25-,27-,31+/m1/s1. The lowest BCUT2D eigenvalue weighted by Gasteiger charge is -2.37. The molecule has 0 aromatic heterocycles. The maximum absolute atomic E-state index is 5.90. The summed E-state index contributed by atoms with van der Waals surface area (Å²) >= 11 is 0. The Morgan fingerprint density at radius 1 is 0.941 bits per heavy atom. The number of aliphatic imine (C=N–C) groups is 1. The van der Waals surface area contributed by atoms with Crippen LogP contribution < -0.4 is 10.1 Å². The summed E-state index contributed by atoms with van der Waals surface area (Å²) in [6, 6.07) is 30.2. The van der Waals surface area contributed by atoms with E-state index in [0.717, 1.165) is 28.8 Å². The highest BCUT2D eigenvalue weighted by molar-refractivity contribution is 6.03. The van der Waals surface area contributed by atoms with E-state index in [9.17, 15) is 0 Å². The molecule has 34 heavy (non-hydrogen) atoms. The number of fused-ring (bicyclic) bond motifs is 4. The zero-order valence-corrected chi connectivity index (χ0v) is 19.3. The first kappa shape index (κ1) is 20.7. The predicted molar refractivity (Wildman–Crippen MR) is 142 cm³/mol. The summed E-state index contributed by atoms with van der Waals surface area (Å²) in [5.41, 5.74) is 5.94. The minimum absolute atomic E-state index is 0.301. The maximum atomic E-state index is 5.90. The molecular weight excluding hydrogens is 416 g/mol. The van der Waals surface area contributed by atoms with Crippen molar-refractivity contribution in [2.75, 3.05) is 11.9 Å².